The fraction of sp³-hybridized carbons (Fsp3) is 0.304. The maximum absolute atomic E-state index is 9.31. The molecule has 0 N–H and O–H groups in total. The van der Waals surface area contributed by atoms with Gasteiger partial charge in [0.2, 0.25) is 0 Å². The molecule has 0 aliphatic carbocycles. The molecule has 0 unspecified atom stereocenters. The number of likely N-dealkylation sites (tertiary alicyclic amines) is 1. The lowest BCUT2D eigenvalue weighted by molar-refractivity contribution is 0.192. The van der Waals surface area contributed by atoms with Crippen LogP contribution in [-0.4, -0.2) is 30.1 Å². The highest BCUT2D eigenvalue weighted by Gasteiger charge is 2.21. The molecule has 4 rings (SSSR count). The maximum Gasteiger partial charge on any atom is 0.121 e. The van der Waals surface area contributed by atoms with Crippen molar-refractivity contribution in [3.8, 4) is 23.1 Å². The first kappa shape index (κ1) is 18.7. The lowest BCUT2D eigenvalue weighted by Gasteiger charge is -2.30. The molecule has 0 bridgehead atoms. The number of hydrogen-bond donors (Lipinski definition) is 0. The Kier molecular flexibility index (Phi) is 5.47. The molecule has 1 aliphatic rings. The Hall–Kier alpha value is -2.61. The summed E-state index contributed by atoms with van der Waals surface area (Å²) < 4.78 is 5.36. The van der Waals surface area contributed by atoms with E-state index in [-0.39, 0.29) is 5.92 Å². The quantitative estimate of drug-likeness (QED) is 0.605. The monoisotopic (exact) mass is 391 g/mol. The third kappa shape index (κ3) is 3.96. The van der Waals surface area contributed by atoms with E-state index in [0.717, 1.165) is 60.4 Å². The number of halogens is 1. The topological polar surface area (TPSA) is 49.1 Å². The number of benzene rings is 2. The second-order valence-electron chi connectivity index (χ2n) is 7.26. The van der Waals surface area contributed by atoms with Gasteiger partial charge in [-0.15, -0.1) is 0 Å². The van der Waals surface area contributed by atoms with Crippen LogP contribution in [0.3, 0.4) is 0 Å². The molecular weight excluding hydrogens is 370 g/mol. The summed E-state index contributed by atoms with van der Waals surface area (Å²) in [4.78, 5) is 7.34. The van der Waals surface area contributed by atoms with Crippen molar-refractivity contribution in [3.05, 3.63) is 59.1 Å². The average molecular weight is 392 g/mol. The van der Waals surface area contributed by atoms with Crippen LogP contribution in [0.1, 0.15) is 18.4 Å². The lowest BCUT2D eigenvalue weighted by Crippen LogP contribution is -2.34. The second-order valence-corrected chi connectivity index (χ2v) is 7.70. The van der Waals surface area contributed by atoms with Gasteiger partial charge >= 0.3 is 0 Å². The number of hydrogen-bond acceptors (Lipinski definition) is 4. The van der Waals surface area contributed by atoms with Crippen molar-refractivity contribution >= 4 is 22.5 Å². The van der Waals surface area contributed by atoms with E-state index < -0.39 is 0 Å². The molecule has 0 spiro atoms. The molecule has 4 nitrogen and oxygen atoms in total. The molecule has 1 aliphatic heterocycles. The Morgan fingerprint density at radius 1 is 1.21 bits per heavy atom. The van der Waals surface area contributed by atoms with Gasteiger partial charge in [-0.1, -0.05) is 23.7 Å². The number of nitrogens with zero attached hydrogens (tertiary/aromatic N) is 3. The largest absolute Gasteiger partial charge is 0.497 e. The zero-order chi connectivity index (χ0) is 19.5. The fourth-order valence-electron chi connectivity index (χ4n) is 3.84. The zero-order valence-electron chi connectivity index (χ0n) is 15.9. The van der Waals surface area contributed by atoms with Crippen molar-refractivity contribution in [2.45, 2.75) is 19.4 Å². The van der Waals surface area contributed by atoms with Crippen LogP contribution in [0.4, 0.5) is 0 Å². The van der Waals surface area contributed by atoms with Crippen molar-refractivity contribution in [2.75, 3.05) is 20.2 Å². The molecule has 28 heavy (non-hydrogen) atoms. The van der Waals surface area contributed by atoms with E-state index in [4.69, 9.17) is 21.3 Å². The van der Waals surface area contributed by atoms with Crippen molar-refractivity contribution < 1.29 is 4.74 Å². The van der Waals surface area contributed by atoms with Gasteiger partial charge in [-0.25, -0.2) is 4.98 Å². The maximum atomic E-state index is 9.31. The van der Waals surface area contributed by atoms with Crippen LogP contribution < -0.4 is 4.74 Å². The SMILES string of the molecule is COc1ccc2cc(CN3CCC[C@@H](C#N)C3)c(-c3ccc(Cl)cc3)nc2c1. The third-order valence-corrected chi connectivity index (χ3v) is 5.56. The minimum Gasteiger partial charge on any atom is -0.497 e. The van der Waals surface area contributed by atoms with Crippen molar-refractivity contribution in [1.29, 1.82) is 5.26 Å². The molecule has 0 amide bonds. The summed E-state index contributed by atoms with van der Waals surface area (Å²) >= 11 is 6.09. The number of piperidine rings is 1. The van der Waals surface area contributed by atoms with Crippen molar-refractivity contribution in [2.24, 2.45) is 5.92 Å². The molecule has 3 aromatic rings. The normalized spacial score (nSPS) is 17.4. The van der Waals surface area contributed by atoms with Crippen LogP contribution >= 0.6 is 11.6 Å². The van der Waals surface area contributed by atoms with Crippen LogP contribution in [0.2, 0.25) is 5.02 Å². The molecule has 2 aromatic carbocycles. The second kappa shape index (κ2) is 8.18. The number of methoxy groups -OCH3 is 1. The number of aromatic nitrogens is 1. The summed E-state index contributed by atoms with van der Waals surface area (Å²) in [6, 6.07) is 18.4. The average Bonchev–Trinajstić information content (AvgIpc) is 2.73. The van der Waals surface area contributed by atoms with Gasteiger partial charge < -0.3 is 4.74 Å². The molecule has 0 radical (unpaired) electrons. The minimum atomic E-state index is 0.116. The van der Waals surface area contributed by atoms with Gasteiger partial charge in [0, 0.05) is 35.1 Å². The van der Waals surface area contributed by atoms with E-state index in [1.165, 1.54) is 5.56 Å². The van der Waals surface area contributed by atoms with Gasteiger partial charge in [-0.3, -0.25) is 4.90 Å². The first-order valence-electron chi connectivity index (χ1n) is 9.52. The third-order valence-electron chi connectivity index (χ3n) is 5.30. The van der Waals surface area contributed by atoms with E-state index in [1.54, 1.807) is 7.11 Å². The van der Waals surface area contributed by atoms with Gasteiger partial charge in [-0.05, 0) is 55.3 Å². The smallest absolute Gasteiger partial charge is 0.121 e. The first-order valence-corrected chi connectivity index (χ1v) is 9.89. The number of nitriles is 1. The Morgan fingerprint density at radius 3 is 2.79 bits per heavy atom. The highest BCUT2D eigenvalue weighted by molar-refractivity contribution is 6.30. The number of rotatable bonds is 4. The van der Waals surface area contributed by atoms with Crippen LogP contribution in [0.5, 0.6) is 5.75 Å². The molecule has 142 valence electrons. The van der Waals surface area contributed by atoms with Crippen LogP contribution in [0.25, 0.3) is 22.2 Å². The standard InChI is InChI=1S/C23H22ClN3O/c1-28-21-9-6-18-11-19(15-27-10-2-3-16(13-25)14-27)23(26-22(18)12-21)17-4-7-20(24)8-5-17/h4-9,11-12,16H,2-3,10,14-15H2,1H3/t16-/m0/s1. The lowest BCUT2D eigenvalue weighted by atomic mass is 9.97. The predicted octanol–water partition coefficient (Wildman–Crippen LogP) is 5.30. The Labute approximate surface area is 170 Å². The Bertz CT molecular complexity index is 1030. The van der Waals surface area contributed by atoms with Gasteiger partial charge in [0.15, 0.2) is 0 Å². The van der Waals surface area contributed by atoms with Gasteiger partial charge in [-0.2, -0.15) is 5.26 Å². The molecule has 1 aromatic heterocycles. The number of pyridine rings is 1. The molecule has 1 saturated heterocycles. The summed E-state index contributed by atoms with van der Waals surface area (Å²) in [5, 5.41) is 11.1. The highest BCUT2D eigenvalue weighted by atomic mass is 35.5. The van der Waals surface area contributed by atoms with E-state index in [9.17, 15) is 5.26 Å². The highest BCUT2D eigenvalue weighted by Crippen LogP contribution is 2.30. The molecule has 1 fully saturated rings. The molecular formula is C23H22ClN3O. The number of ether oxygens (including phenoxy) is 1. The molecule has 5 heteroatoms. The van der Waals surface area contributed by atoms with Crippen LogP contribution in [0.15, 0.2) is 48.5 Å². The number of fused-ring (bicyclic) bond motifs is 1. The molecule has 0 saturated carbocycles. The van der Waals surface area contributed by atoms with E-state index in [1.807, 2.05) is 42.5 Å². The van der Waals surface area contributed by atoms with Gasteiger partial charge in [0.05, 0.1) is 30.3 Å². The van der Waals surface area contributed by atoms with E-state index in [0.29, 0.717) is 5.02 Å². The van der Waals surface area contributed by atoms with Gasteiger partial charge in [0.1, 0.15) is 5.75 Å². The Morgan fingerprint density at radius 2 is 2.04 bits per heavy atom. The minimum absolute atomic E-state index is 0.116. The summed E-state index contributed by atoms with van der Waals surface area (Å²) in [6.45, 7) is 2.61. The van der Waals surface area contributed by atoms with Crippen LogP contribution in [0, 0.1) is 17.2 Å². The summed E-state index contributed by atoms with van der Waals surface area (Å²) in [7, 11) is 1.66. The van der Waals surface area contributed by atoms with E-state index in [2.05, 4.69) is 17.0 Å². The molecule has 2 heterocycles. The Balaban J connectivity index is 1.77. The summed E-state index contributed by atoms with van der Waals surface area (Å²) in [5.41, 5.74) is 4.06. The summed E-state index contributed by atoms with van der Waals surface area (Å²) in [5.74, 6) is 0.910. The summed E-state index contributed by atoms with van der Waals surface area (Å²) in [6.07, 6.45) is 2.06. The fourth-order valence-corrected chi connectivity index (χ4v) is 3.97. The van der Waals surface area contributed by atoms with Crippen molar-refractivity contribution in [3.63, 3.8) is 0 Å². The first-order chi connectivity index (χ1) is 13.7. The van der Waals surface area contributed by atoms with E-state index >= 15 is 0 Å². The molecule has 1 atom stereocenters. The van der Waals surface area contributed by atoms with Gasteiger partial charge in [0.25, 0.3) is 0 Å². The van der Waals surface area contributed by atoms with Crippen molar-refractivity contribution in [1.82, 2.24) is 9.88 Å². The van der Waals surface area contributed by atoms with Crippen LogP contribution in [-0.2, 0) is 6.54 Å². The predicted molar refractivity (Wildman–Crippen MR) is 112 cm³/mol. The zero-order valence-corrected chi connectivity index (χ0v) is 16.6.